The summed E-state index contributed by atoms with van der Waals surface area (Å²) in [7, 11) is 1.61. The van der Waals surface area contributed by atoms with Gasteiger partial charge in [0.05, 0.1) is 12.1 Å². The van der Waals surface area contributed by atoms with Crippen molar-refractivity contribution in [1.29, 1.82) is 0 Å². The summed E-state index contributed by atoms with van der Waals surface area (Å²) in [5.74, 6) is 0.191. The van der Waals surface area contributed by atoms with Gasteiger partial charge in [0.1, 0.15) is 12.4 Å². The molecule has 3 N–H and O–H groups in total. The minimum atomic E-state index is -0.317. The number of nitrogens with zero attached hydrogens (tertiary/aromatic N) is 1. The Kier molecular flexibility index (Phi) is 6.59. The average Bonchev–Trinajstić information content (AvgIpc) is 3.14. The van der Waals surface area contributed by atoms with E-state index in [4.69, 9.17) is 9.47 Å². The number of hydrogen-bond donors (Lipinski definition) is 3. The largest absolute Gasteiger partial charge is 0.491 e. The van der Waals surface area contributed by atoms with E-state index in [9.17, 15) is 9.59 Å². The Morgan fingerprint density at radius 2 is 1.86 bits per heavy atom. The van der Waals surface area contributed by atoms with Crippen molar-refractivity contribution < 1.29 is 19.1 Å². The molecule has 2 amide bonds. The van der Waals surface area contributed by atoms with Crippen LogP contribution in [0.4, 0.5) is 5.69 Å². The summed E-state index contributed by atoms with van der Waals surface area (Å²) < 4.78 is 10.4. The monoisotopic (exact) mass is 382 g/mol. The molecule has 0 aliphatic heterocycles. The first-order valence-electron chi connectivity index (χ1n) is 8.90. The first kappa shape index (κ1) is 19.4. The summed E-state index contributed by atoms with van der Waals surface area (Å²) in [5, 5.41) is 13.1. The van der Waals surface area contributed by atoms with Gasteiger partial charge >= 0.3 is 0 Å². The van der Waals surface area contributed by atoms with Gasteiger partial charge in [0, 0.05) is 31.1 Å². The number of aromatic nitrogens is 2. The Bertz CT molecular complexity index is 937. The summed E-state index contributed by atoms with van der Waals surface area (Å²) in [6.45, 7) is 1.19. The Labute approximate surface area is 162 Å². The number of amides is 2. The van der Waals surface area contributed by atoms with E-state index in [0.29, 0.717) is 30.3 Å². The van der Waals surface area contributed by atoms with E-state index in [0.717, 1.165) is 10.9 Å². The van der Waals surface area contributed by atoms with Crippen molar-refractivity contribution in [2.24, 2.45) is 0 Å². The molecule has 8 nitrogen and oxygen atoms in total. The molecule has 0 radical (unpaired) electrons. The lowest BCUT2D eigenvalue weighted by molar-refractivity contribution is -0.116. The highest BCUT2D eigenvalue weighted by Crippen LogP contribution is 2.16. The fourth-order valence-electron chi connectivity index (χ4n) is 2.61. The number of hydrogen-bond acceptors (Lipinski definition) is 5. The second-order valence-electron chi connectivity index (χ2n) is 6.04. The number of rotatable bonds is 9. The van der Waals surface area contributed by atoms with E-state index in [-0.39, 0.29) is 24.8 Å². The molecule has 3 aromatic rings. The molecule has 0 aliphatic carbocycles. The molecule has 28 heavy (non-hydrogen) atoms. The van der Waals surface area contributed by atoms with Crippen LogP contribution < -0.4 is 15.4 Å². The standard InChI is InChI=1S/C20H22N4O4/c1-27-12-13-28-15-8-6-14(7-9-15)22-18(25)10-11-21-20(26)19-16-4-2-3-5-17(16)23-24-19/h2-9H,10-13H2,1H3,(H,21,26)(H,22,25)(H,23,24). The molecule has 146 valence electrons. The summed E-state index contributed by atoms with van der Waals surface area (Å²) in [5.41, 5.74) is 1.77. The van der Waals surface area contributed by atoms with E-state index in [2.05, 4.69) is 20.8 Å². The zero-order chi connectivity index (χ0) is 19.8. The van der Waals surface area contributed by atoms with Gasteiger partial charge < -0.3 is 20.1 Å². The zero-order valence-corrected chi connectivity index (χ0v) is 15.5. The number of fused-ring (bicyclic) bond motifs is 1. The van der Waals surface area contributed by atoms with Crippen LogP contribution in [-0.2, 0) is 9.53 Å². The number of aromatic amines is 1. The zero-order valence-electron chi connectivity index (χ0n) is 15.5. The normalized spacial score (nSPS) is 10.6. The lowest BCUT2D eigenvalue weighted by Crippen LogP contribution is -2.28. The molecule has 0 aliphatic rings. The average molecular weight is 382 g/mol. The van der Waals surface area contributed by atoms with E-state index in [1.54, 1.807) is 31.4 Å². The summed E-state index contributed by atoms with van der Waals surface area (Å²) in [6.07, 6.45) is 0.153. The molecular weight excluding hydrogens is 360 g/mol. The molecule has 0 saturated carbocycles. The number of nitrogens with one attached hydrogen (secondary N) is 3. The van der Waals surface area contributed by atoms with Crippen LogP contribution in [0.15, 0.2) is 48.5 Å². The molecule has 0 atom stereocenters. The molecular formula is C20H22N4O4. The predicted octanol–water partition coefficient (Wildman–Crippen LogP) is 2.35. The smallest absolute Gasteiger partial charge is 0.272 e. The molecule has 3 rings (SSSR count). The fourth-order valence-corrected chi connectivity index (χ4v) is 2.61. The van der Waals surface area contributed by atoms with Crippen LogP contribution >= 0.6 is 0 Å². The number of para-hydroxylation sites is 1. The third-order valence-corrected chi connectivity index (χ3v) is 4.02. The first-order chi connectivity index (χ1) is 13.7. The molecule has 0 bridgehead atoms. The van der Waals surface area contributed by atoms with Gasteiger partial charge in [-0.1, -0.05) is 18.2 Å². The van der Waals surface area contributed by atoms with Crippen LogP contribution in [-0.4, -0.2) is 48.9 Å². The Hall–Kier alpha value is -3.39. The molecule has 0 fully saturated rings. The van der Waals surface area contributed by atoms with E-state index < -0.39 is 0 Å². The number of benzene rings is 2. The van der Waals surface area contributed by atoms with Crippen LogP contribution in [0.2, 0.25) is 0 Å². The first-order valence-corrected chi connectivity index (χ1v) is 8.90. The van der Waals surface area contributed by atoms with Crippen molar-refractivity contribution in [3.8, 4) is 5.75 Å². The number of H-pyrrole nitrogens is 1. The molecule has 2 aromatic carbocycles. The molecule has 0 unspecified atom stereocenters. The SMILES string of the molecule is COCCOc1ccc(NC(=O)CCNC(=O)c2n[nH]c3ccccc23)cc1. The van der Waals surface area contributed by atoms with E-state index in [1.807, 2.05) is 24.3 Å². The summed E-state index contributed by atoms with van der Waals surface area (Å²) >= 11 is 0. The molecule has 0 saturated heterocycles. The second kappa shape index (κ2) is 9.52. The third kappa shape index (κ3) is 5.08. The van der Waals surface area contributed by atoms with Gasteiger partial charge in [-0.2, -0.15) is 5.10 Å². The van der Waals surface area contributed by atoms with Gasteiger partial charge in [-0.25, -0.2) is 0 Å². The number of anilines is 1. The highest BCUT2D eigenvalue weighted by molar-refractivity contribution is 6.04. The van der Waals surface area contributed by atoms with Crippen molar-refractivity contribution in [2.75, 3.05) is 32.2 Å². The predicted molar refractivity (Wildman–Crippen MR) is 105 cm³/mol. The van der Waals surface area contributed by atoms with Gasteiger partial charge in [0.15, 0.2) is 5.69 Å². The van der Waals surface area contributed by atoms with Crippen molar-refractivity contribution in [3.05, 3.63) is 54.2 Å². The van der Waals surface area contributed by atoms with Crippen molar-refractivity contribution in [3.63, 3.8) is 0 Å². The van der Waals surface area contributed by atoms with Gasteiger partial charge in [-0.3, -0.25) is 14.7 Å². The Balaban J connectivity index is 1.43. The van der Waals surface area contributed by atoms with E-state index in [1.165, 1.54) is 0 Å². The van der Waals surface area contributed by atoms with E-state index >= 15 is 0 Å². The van der Waals surface area contributed by atoms with Gasteiger partial charge in [0.25, 0.3) is 5.91 Å². The summed E-state index contributed by atoms with van der Waals surface area (Å²) in [6, 6.07) is 14.4. The number of carbonyl (C=O) groups excluding carboxylic acids is 2. The Morgan fingerprint density at radius 1 is 1.07 bits per heavy atom. The molecule has 0 spiro atoms. The van der Waals surface area contributed by atoms with Crippen LogP contribution in [0.5, 0.6) is 5.75 Å². The van der Waals surface area contributed by atoms with Gasteiger partial charge in [-0.15, -0.1) is 0 Å². The van der Waals surface area contributed by atoms with Crippen molar-refractivity contribution in [1.82, 2.24) is 15.5 Å². The maximum absolute atomic E-state index is 12.3. The summed E-state index contributed by atoms with van der Waals surface area (Å²) in [4.78, 5) is 24.3. The van der Waals surface area contributed by atoms with Crippen LogP contribution in [0.25, 0.3) is 10.9 Å². The second-order valence-corrected chi connectivity index (χ2v) is 6.04. The quantitative estimate of drug-likeness (QED) is 0.493. The minimum Gasteiger partial charge on any atom is -0.491 e. The molecule has 8 heteroatoms. The topological polar surface area (TPSA) is 105 Å². The number of ether oxygens (including phenoxy) is 2. The van der Waals surface area contributed by atoms with Gasteiger partial charge in [0.2, 0.25) is 5.91 Å². The minimum absolute atomic E-state index is 0.153. The number of methoxy groups -OCH3 is 1. The Morgan fingerprint density at radius 3 is 2.64 bits per heavy atom. The van der Waals surface area contributed by atoms with Crippen molar-refractivity contribution >= 4 is 28.4 Å². The highest BCUT2D eigenvalue weighted by atomic mass is 16.5. The van der Waals surface area contributed by atoms with Crippen molar-refractivity contribution in [2.45, 2.75) is 6.42 Å². The third-order valence-electron chi connectivity index (χ3n) is 4.02. The lowest BCUT2D eigenvalue weighted by atomic mass is 10.2. The highest BCUT2D eigenvalue weighted by Gasteiger charge is 2.13. The number of carbonyl (C=O) groups is 2. The fraction of sp³-hybridized carbons (Fsp3) is 0.250. The van der Waals surface area contributed by atoms with Crippen LogP contribution in [0, 0.1) is 0 Å². The molecule has 1 aromatic heterocycles. The lowest BCUT2D eigenvalue weighted by Gasteiger charge is -2.08. The van der Waals surface area contributed by atoms with Crippen LogP contribution in [0.1, 0.15) is 16.9 Å². The van der Waals surface area contributed by atoms with Crippen LogP contribution in [0.3, 0.4) is 0 Å². The molecule has 1 heterocycles. The maximum Gasteiger partial charge on any atom is 0.272 e. The van der Waals surface area contributed by atoms with Gasteiger partial charge in [-0.05, 0) is 30.3 Å². The maximum atomic E-state index is 12.3.